The molecule has 34 heavy (non-hydrogen) atoms. The van der Waals surface area contributed by atoms with Crippen LogP contribution in [0.15, 0.2) is 35.9 Å². The number of benzene rings is 1. The molecule has 5 nitrogen and oxygen atoms in total. The van der Waals surface area contributed by atoms with Crippen LogP contribution in [0.4, 0.5) is 0 Å². The lowest BCUT2D eigenvalue weighted by Gasteiger charge is -2.34. The van der Waals surface area contributed by atoms with Gasteiger partial charge in [-0.1, -0.05) is 48.4 Å². The van der Waals surface area contributed by atoms with Crippen LogP contribution in [-0.2, 0) is 4.79 Å². The van der Waals surface area contributed by atoms with Crippen molar-refractivity contribution >= 4 is 23.2 Å². The number of rotatable bonds is 7. The van der Waals surface area contributed by atoms with Crippen molar-refractivity contribution in [2.75, 3.05) is 19.6 Å². The summed E-state index contributed by atoms with van der Waals surface area (Å²) in [6, 6.07) is 8.27. The number of thiazole rings is 1. The van der Waals surface area contributed by atoms with Gasteiger partial charge >= 0.3 is 0 Å². The second-order valence-corrected chi connectivity index (χ2v) is 10.9. The highest BCUT2D eigenvalue weighted by atomic mass is 32.1. The number of hydrogen-bond donors (Lipinski definition) is 1. The predicted octanol–water partition coefficient (Wildman–Crippen LogP) is 5.92. The number of likely N-dealkylation sites (tertiary alicyclic amines) is 1. The molecule has 4 rings (SSSR count). The molecule has 1 aromatic carbocycles. The van der Waals surface area contributed by atoms with Gasteiger partial charge in [-0.25, -0.2) is 4.98 Å². The smallest absolute Gasteiger partial charge is 0.265 e. The first-order valence-corrected chi connectivity index (χ1v) is 13.5. The normalized spacial score (nSPS) is 17.9. The molecule has 1 saturated heterocycles. The molecule has 1 aliphatic carbocycles. The average molecular weight is 480 g/mol. The molecule has 182 valence electrons. The van der Waals surface area contributed by atoms with Crippen LogP contribution in [0.5, 0.6) is 0 Å². The molecular formula is C28H37N3O2S. The zero-order chi connectivity index (χ0) is 24.1. The van der Waals surface area contributed by atoms with E-state index < -0.39 is 0 Å². The van der Waals surface area contributed by atoms with E-state index >= 15 is 0 Å². The van der Waals surface area contributed by atoms with Crippen LogP contribution in [0.25, 0.3) is 10.6 Å². The first kappa shape index (κ1) is 24.6. The van der Waals surface area contributed by atoms with Gasteiger partial charge < -0.3 is 10.2 Å². The molecule has 2 amide bonds. The lowest BCUT2D eigenvalue weighted by molar-refractivity contribution is -0.126. The number of amides is 2. The van der Waals surface area contributed by atoms with Crippen molar-refractivity contribution in [2.45, 2.75) is 65.7 Å². The van der Waals surface area contributed by atoms with Crippen molar-refractivity contribution in [3.8, 4) is 10.6 Å². The highest BCUT2D eigenvalue weighted by molar-refractivity contribution is 7.17. The van der Waals surface area contributed by atoms with Crippen LogP contribution in [0.3, 0.4) is 0 Å². The van der Waals surface area contributed by atoms with Crippen LogP contribution in [0.2, 0.25) is 0 Å². The summed E-state index contributed by atoms with van der Waals surface area (Å²) in [5.41, 5.74) is 4.56. The fraction of sp³-hybridized carbons (Fsp3) is 0.536. The second-order valence-electron chi connectivity index (χ2n) is 9.87. The van der Waals surface area contributed by atoms with Crippen molar-refractivity contribution < 1.29 is 9.59 Å². The van der Waals surface area contributed by atoms with E-state index in [1.807, 2.05) is 18.7 Å². The van der Waals surface area contributed by atoms with Gasteiger partial charge in [0.25, 0.3) is 5.91 Å². The number of carbonyl (C=O) groups excluding carboxylic acids is 2. The van der Waals surface area contributed by atoms with E-state index in [1.165, 1.54) is 48.2 Å². The van der Waals surface area contributed by atoms with Gasteiger partial charge in [0.15, 0.2) is 0 Å². The monoisotopic (exact) mass is 479 g/mol. The van der Waals surface area contributed by atoms with Crippen LogP contribution in [0.1, 0.15) is 72.8 Å². The van der Waals surface area contributed by atoms with Crippen molar-refractivity contribution in [2.24, 2.45) is 11.8 Å². The Hall–Kier alpha value is -2.47. The summed E-state index contributed by atoms with van der Waals surface area (Å²) in [5, 5.41) is 4.04. The second kappa shape index (κ2) is 11.3. The fourth-order valence-electron chi connectivity index (χ4n) is 5.01. The maximum atomic E-state index is 13.2. The van der Waals surface area contributed by atoms with Crippen molar-refractivity contribution in [1.82, 2.24) is 15.2 Å². The highest BCUT2D eigenvalue weighted by Gasteiger charge is 2.31. The summed E-state index contributed by atoms with van der Waals surface area (Å²) < 4.78 is 0. The zero-order valence-electron chi connectivity index (χ0n) is 20.7. The maximum absolute atomic E-state index is 13.2. The number of aryl methyl sites for hydroxylation is 2. The minimum absolute atomic E-state index is 0.0177. The molecule has 0 unspecified atom stereocenters. The molecule has 1 aliphatic heterocycles. The lowest BCUT2D eigenvalue weighted by atomic mass is 9.84. The Morgan fingerprint density at radius 3 is 2.56 bits per heavy atom. The van der Waals surface area contributed by atoms with Gasteiger partial charge in [0, 0.05) is 31.1 Å². The van der Waals surface area contributed by atoms with Gasteiger partial charge in [-0.2, -0.15) is 0 Å². The van der Waals surface area contributed by atoms with Gasteiger partial charge in [0.2, 0.25) is 5.91 Å². The van der Waals surface area contributed by atoms with Crippen LogP contribution >= 0.6 is 11.3 Å². The fourth-order valence-corrected chi connectivity index (χ4v) is 6.05. The third-order valence-corrected chi connectivity index (χ3v) is 8.56. The number of nitrogens with one attached hydrogen (secondary N) is 1. The Kier molecular flexibility index (Phi) is 8.19. The zero-order valence-corrected chi connectivity index (χ0v) is 21.5. The Bertz CT molecular complexity index is 1030. The van der Waals surface area contributed by atoms with E-state index in [9.17, 15) is 9.59 Å². The summed E-state index contributed by atoms with van der Waals surface area (Å²) >= 11 is 1.48. The van der Waals surface area contributed by atoms with Crippen molar-refractivity contribution in [1.29, 1.82) is 0 Å². The molecule has 2 aromatic rings. The standard InChI is InChI=1S/C28H37N3O2S/c1-19-9-11-24(12-10-19)27-30-21(3)25(34-27)28(33)31-17-14-23(15-18-31)20(2)26(32)29-16-13-22-7-5-4-6-8-22/h7,9-12,20,23H,4-6,8,13-18H2,1-3H3,(H,29,32)/t20-/m0/s1. The van der Waals surface area contributed by atoms with E-state index in [1.54, 1.807) is 0 Å². The summed E-state index contributed by atoms with van der Waals surface area (Å²) in [7, 11) is 0. The third-order valence-electron chi connectivity index (χ3n) is 7.37. The molecular weight excluding hydrogens is 442 g/mol. The molecule has 1 aromatic heterocycles. The number of nitrogens with zero attached hydrogens (tertiary/aromatic N) is 2. The maximum Gasteiger partial charge on any atom is 0.265 e. The molecule has 0 spiro atoms. The largest absolute Gasteiger partial charge is 0.356 e. The first-order valence-electron chi connectivity index (χ1n) is 12.7. The van der Waals surface area contributed by atoms with Gasteiger partial charge in [0.05, 0.1) is 5.69 Å². The van der Waals surface area contributed by atoms with Gasteiger partial charge in [-0.05, 0) is 64.7 Å². The van der Waals surface area contributed by atoms with Crippen molar-refractivity contribution in [3.63, 3.8) is 0 Å². The van der Waals surface area contributed by atoms with E-state index in [2.05, 4.69) is 47.6 Å². The number of piperidine rings is 1. The molecule has 6 heteroatoms. The highest BCUT2D eigenvalue weighted by Crippen LogP contribution is 2.31. The number of allylic oxidation sites excluding steroid dienone is 1. The Labute approximate surface area is 207 Å². The molecule has 0 radical (unpaired) electrons. The minimum atomic E-state index is -0.0177. The minimum Gasteiger partial charge on any atom is -0.356 e. The van der Waals surface area contributed by atoms with Gasteiger partial charge in [0.1, 0.15) is 9.88 Å². The quantitative estimate of drug-likeness (QED) is 0.501. The van der Waals surface area contributed by atoms with Crippen LogP contribution < -0.4 is 5.32 Å². The molecule has 1 fully saturated rings. The van der Waals surface area contributed by atoms with E-state index in [-0.39, 0.29) is 17.7 Å². The molecule has 1 N–H and O–H groups in total. The average Bonchev–Trinajstić information content (AvgIpc) is 3.25. The Morgan fingerprint density at radius 1 is 1.15 bits per heavy atom. The summed E-state index contributed by atoms with van der Waals surface area (Å²) in [5.74, 6) is 0.534. The lowest BCUT2D eigenvalue weighted by Crippen LogP contribution is -2.42. The molecule has 0 bridgehead atoms. The molecule has 1 atom stereocenters. The SMILES string of the molecule is Cc1ccc(-c2nc(C)c(C(=O)N3CCC([C@H](C)C(=O)NCCC4=CCCCC4)CC3)s2)cc1. The molecule has 2 heterocycles. The number of hydrogen-bond acceptors (Lipinski definition) is 4. The number of aromatic nitrogens is 1. The molecule has 2 aliphatic rings. The van der Waals surface area contributed by atoms with Crippen LogP contribution in [-0.4, -0.2) is 41.3 Å². The van der Waals surface area contributed by atoms with Crippen molar-refractivity contribution in [3.05, 3.63) is 52.0 Å². The first-order chi connectivity index (χ1) is 16.4. The summed E-state index contributed by atoms with van der Waals surface area (Å²) in [6.07, 6.45) is 10.0. The van der Waals surface area contributed by atoms with E-state index in [4.69, 9.17) is 0 Å². The van der Waals surface area contributed by atoms with Gasteiger partial charge in [-0.15, -0.1) is 11.3 Å². The summed E-state index contributed by atoms with van der Waals surface area (Å²) in [4.78, 5) is 33.3. The predicted molar refractivity (Wildman–Crippen MR) is 139 cm³/mol. The van der Waals surface area contributed by atoms with E-state index in [0.29, 0.717) is 19.0 Å². The number of carbonyl (C=O) groups is 2. The third kappa shape index (κ3) is 5.96. The van der Waals surface area contributed by atoms with E-state index in [0.717, 1.165) is 46.9 Å². The summed E-state index contributed by atoms with van der Waals surface area (Å²) in [6.45, 7) is 8.16. The van der Waals surface area contributed by atoms with Gasteiger partial charge in [-0.3, -0.25) is 9.59 Å². The Balaban J connectivity index is 1.27. The molecule has 0 saturated carbocycles. The van der Waals surface area contributed by atoms with Crippen LogP contribution in [0, 0.1) is 25.7 Å². The topological polar surface area (TPSA) is 62.3 Å². The Morgan fingerprint density at radius 2 is 1.88 bits per heavy atom.